The van der Waals surface area contributed by atoms with Gasteiger partial charge >= 0.3 is 0 Å². The van der Waals surface area contributed by atoms with E-state index in [0.717, 1.165) is 10.9 Å². The van der Waals surface area contributed by atoms with Crippen molar-refractivity contribution < 1.29 is 4.79 Å². The number of amides is 1. The van der Waals surface area contributed by atoms with Crippen molar-refractivity contribution in [3.63, 3.8) is 0 Å². The normalized spacial score (nSPS) is 13.9. The zero-order valence-electron chi connectivity index (χ0n) is 11.7. The van der Waals surface area contributed by atoms with E-state index in [9.17, 15) is 9.59 Å². The van der Waals surface area contributed by atoms with Gasteiger partial charge in [0.05, 0.1) is 0 Å². The minimum absolute atomic E-state index is 0.0822. The molecule has 2 heterocycles. The molecule has 0 saturated heterocycles. The van der Waals surface area contributed by atoms with Crippen molar-refractivity contribution >= 4 is 21.8 Å². The standard InChI is InChI=1S/C16H15BrN2O2/c1-18-6-4-12(9-15(18)20)16(21)19-7-5-11-8-14(17)3-2-13(11)10-19/h2-4,6,8-9H,5,7,10H2,1H3. The fraction of sp³-hybridized carbons (Fsp3) is 0.250. The van der Waals surface area contributed by atoms with Gasteiger partial charge in [0.25, 0.3) is 11.5 Å². The summed E-state index contributed by atoms with van der Waals surface area (Å²) in [4.78, 5) is 26.0. The number of aryl methyl sites for hydroxylation is 1. The first-order valence-electron chi connectivity index (χ1n) is 6.78. The van der Waals surface area contributed by atoms with Crippen LogP contribution in [-0.2, 0) is 20.0 Å². The number of nitrogens with zero attached hydrogens (tertiary/aromatic N) is 2. The minimum atomic E-state index is -0.165. The summed E-state index contributed by atoms with van der Waals surface area (Å²) in [7, 11) is 1.67. The number of hydrogen-bond acceptors (Lipinski definition) is 2. The second-order valence-corrected chi connectivity index (χ2v) is 6.17. The predicted octanol–water partition coefficient (Wildman–Crippen LogP) is 2.35. The molecule has 0 saturated carbocycles. The van der Waals surface area contributed by atoms with Crippen LogP contribution in [0.3, 0.4) is 0 Å². The molecule has 2 aromatic rings. The number of aromatic nitrogens is 1. The number of fused-ring (bicyclic) bond motifs is 1. The molecule has 1 aromatic carbocycles. The number of benzene rings is 1. The zero-order valence-corrected chi connectivity index (χ0v) is 13.3. The highest BCUT2D eigenvalue weighted by Crippen LogP contribution is 2.23. The quantitative estimate of drug-likeness (QED) is 0.795. The predicted molar refractivity (Wildman–Crippen MR) is 84.3 cm³/mol. The third-order valence-corrected chi connectivity index (χ3v) is 4.31. The summed E-state index contributed by atoms with van der Waals surface area (Å²) in [5, 5.41) is 0. The van der Waals surface area contributed by atoms with E-state index >= 15 is 0 Å². The van der Waals surface area contributed by atoms with Crippen molar-refractivity contribution in [2.24, 2.45) is 7.05 Å². The summed E-state index contributed by atoms with van der Waals surface area (Å²) in [5.74, 6) is -0.0822. The molecular formula is C16H15BrN2O2. The van der Waals surface area contributed by atoms with Gasteiger partial charge in [-0.2, -0.15) is 0 Å². The molecule has 3 rings (SSSR count). The fourth-order valence-electron chi connectivity index (χ4n) is 2.56. The van der Waals surface area contributed by atoms with Gasteiger partial charge in [-0.05, 0) is 35.7 Å². The molecule has 108 valence electrons. The molecule has 0 atom stereocenters. The molecule has 21 heavy (non-hydrogen) atoms. The Hall–Kier alpha value is -1.88. The Morgan fingerprint density at radius 1 is 1.19 bits per heavy atom. The molecule has 0 radical (unpaired) electrons. The van der Waals surface area contributed by atoms with Crippen LogP contribution in [0.25, 0.3) is 0 Å². The Bertz CT molecular complexity index is 767. The van der Waals surface area contributed by atoms with Crippen LogP contribution in [0, 0.1) is 0 Å². The lowest BCUT2D eigenvalue weighted by Crippen LogP contribution is -2.36. The molecule has 0 fully saturated rings. The van der Waals surface area contributed by atoms with Gasteiger partial charge in [-0.25, -0.2) is 0 Å². The highest BCUT2D eigenvalue weighted by Gasteiger charge is 2.22. The van der Waals surface area contributed by atoms with Crippen LogP contribution in [0.15, 0.2) is 45.8 Å². The Morgan fingerprint density at radius 2 is 2.00 bits per heavy atom. The molecule has 1 aliphatic rings. The van der Waals surface area contributed by atoms with Gasteiger partial charge in [-0.1, -0.05) is 22.0 Å². The van der Waals surface area contributed by atoms with Crippen LogP contribution in [0.5, 0.6) is 0 Å². The summed E-state index contributed by atoms with van der Waals surface area (Å²) in [6.45, 7) is 1.27. The first-order valence-corrected chi connectivity index (χ1v) is 7.57. The topological polar surface area (TPSA) is 42.3 Å². The Morgan fingerprint density at radius 3 is 2.76 bits per heavy atom. The van der Waals surface area contributed by atoms with Gasteiger partial charge in [0.15, 0.2) is 0 Å². The van der Waals surface area contributed by atoms with E-state index < -0.39 is 0 Å². The van der Waals surface area contributed by atoms with Gasteiger partial charge in [0.1, 0.15) is 0 Å². The third-order valence-electron chi connectivity index (χ3n) is 3.82. The molecule has 0 unspecified atom stereocenters. The highest BCUT2D eigenvalue weighted by atomic mass is 79.9. The van der Waals surface area contributed by atoms with E-state index in [0.29, 0.717) is 18.7 Å². The monoisotopic (exact) mass is 346 g/mol. The first-order chi connectivity index (χ1) is 10.0. The van der Waals surface area contributed by atoms with Crippen molar-refractivity contribution in [3.05, 3.63) is 68.0 Å². The molecule has 1 amide bonds. The van der Waals surface area contributed by atoms with E-state index in [1.807, 2.05) is 12.1 Å². The van der Waals surface area contributed by atoms with Gasteiger partial charge < -0.3 is 9.47 Å². The average Bonchev–Trinajstić information content (AvgIpc) is 2.49. The average molecular weight is 347 g/mol. The largest absolute Gasteiger partial charge is 0.334 e. The number of carbonyl (C=O) groups excluding carboxylic acids is 1. The van der Waals surface area contributed by atoms with E-state index in [-0.39, 0.29) is 11.5 Å². The van der Waals surface area contributed by atoms with Crippen LogP contribution < -0.4 is 5.56 Å². The van der Waals surface area contributed by atoms with Gasteiger partial charge in [0.2, 0.25) is 0 Å². The smallest absolute Gasteiger partial charge is 0.254 e. The number of carbonyl (C=O) groups is 1. The molecule has 4 nitrogen and oxygen atoms in total. The Balaban J connectivity index is 1.85. The van der Waals surface area contributed by atoms with E-state index in [1.54, 1.807) is 24.2 Å². The second kappa shape index (κ2) is 5.48. The van der Waals surface area contributed by atoms with Gasteiger partial charge in [-0.3, -0.25) is 9.59 Å². The fourth-order valence-corrected chi connectivity index (χ4v) is 2.97. The molecule has 1 aliphatic heterocycles. The Labute approximate surface area is 131 Å². The lowest BCUT2D eigenvalue weighted by molar-refractivity contribution is 0.0734. The number of halogens is 1. The van der Waals surface area contributed by atoms with Crippen LogP contribution in [-0.4, -0.2) is 21.9 Å². The van der Waals surface area contributed by atoms with Crippen molar-refractivity contribution in [2.45, 2.75) is 13.0 Å². The van der Waals surface area contributed by atoms with E-state index in [4.69, 9.17) is 0 Å². The lowest BCUT2D eigenvalue weighted by Gasteiger charge is -2.29. The summed E-state index contributed by atoms with van der Waals surface area (Å²) in [5.41, 5.74) is 2.74. The molecule has 1 aromatic heterocycles. The number of rotatable bonds is 1. The maximum absolute atomic E-state index is 12.5. The second-order valence-electron chi connectivity index (χ2n) is 5.25. The molecular weight excluding hydrogens is 332 g/mol. The van der Waals surface area contributed by atoms with Crippen LogP contribution in [0.4, 0.5) is 0 Å². The van der Waals surface area contributed by atoms with Crippen molar-refractivity contribution in [3.8, 4) is 0 Å². The van der Waals surface area contributed by atoms with Crippen LogP contribution in [0.1, 0.15) is 21.5 Å². The summed E-state index contributed by atoms with van der Waals surface area (Å²) < 4.78 is 2.52. The van der Waals surface area contributed by atoms with E-state index in [1.165, 1.54) is 21.8 Å². The highest BCUT2D eigenvalue weighted by molar-refractivity contribution is 9.10. The maximum Gasteiger partial charge on any atom is 0.254 e. The molecule has 0 N–H and O–H groups in total. The number of pyridine rings is 1. The SMILES string of the molecule is Cn1ccc(C(=O)N2CCc3cc(Br)ccc3C2)cc1=O. The van der Waals surface area contributed by atoms with Gasteiger partial charge in [-0.15, -0.1) is 0 Å². The van der Waals surface area contributed by atoms with E-state index in [2.05, 4.69) is 22.0 Å². The summed E-state index contributed by atoms with van der Waals surface area (Å²) in [6, 6.07) is 9.24. The maximum atomic E-state index is 12.5. The van der Waals surface area contributed by atoms with Gasteiger partial charge in [0, 0.05) is 42.4 Å². The summed E-state index contributed by atoms with van der Waals surface area (Å²) >= 11 is 3.47. The third kappa shape index (κ3) is 2.78. The lowest BCUT2D eigenvalue weighted by atomic mass is 9.99. The zero-order chi connectivity index (χ0) is 15.0. The van der Waals surface area contributed by atoms with Crippen molar-refractivity contribution in [2.75, 3.05) is 6.54 Å². The van der Waals surface area contributed by atoms with Crippen LogP contribution >= 0.6 is 15.9 Å². The molecule has 0 spiro atoms. The molecule has 5 heteroatoms. The first kappa shape index (κ1) is 14.1. The van der Waals surface area contributed by atoms with Crippen LogP contribution in [0.2, 0.25) is 0 Å². The molecule has 0 aliphatic carbocycles. The molecule has 0 bridgehead atoms. The number of hydrogen-bond donors (Lipinski definition) is 0. The summed E-state index contributed by atoms with van der Waals surface area (Å²) in [6.07, 6.45) is 2.47. The van der Waals surface area contributed by atoms with Crippen molar-refractivity contribution in [1.29, 1.82) is 0 Å². The van der Waals surface area contributed by atoms with Crippen molar-refractivity contribution in [1.82, 2.24) is 9.47 Å². The minimum Gasteiger partial charge on any atom is -0.334 e. The Kier molecular flexibility index (Phi) is 3.68.